The lowest BCUT2D eigenvalue weighted by molar-refractivity contribution is 1.15. The van der Waals surface area contributed by atoms with Crippen LogP contribution < -0.4 is 0 Å². The first-order valence-electron chi connectivity index (χ1n) is 3.84. The second kappa shape index (κ2) is 3.90. The molecule has 1 aromatic heterocycles. The summed E-state index contributed by atoms with van der Waals surface area (Å²) in [5, 5.41) is 0. The molecular formula is C9H13IS. The molecule has 0 aliphatic carbocycles. The van der Waals surface area contributed by atoms with E-state index in [1.54, 1.807) is 10.4 Å². The Morgan fingerprint density at radius 2 is 2.00 bits per heavy atom. The zero-order valence-electron chi connectivity index (χ0n) is 7.20. The summed E-state index contributed by atoms with van der Waals surface area (Å²) in [4.78, 5) is 3.07. The quantitative estimate of drug-likeness (QED) is 0.570. The van der Waals surface area contributed by atoms with E-state index in [-0.39, 0.29) is 0 Å². The molecule has 0 fully saturated rings. The lowest BCUT2D eigenvalue weighted by atomic mass is 10.1. The van der Waals surface area contributed by atoms with Crippen molar-refractivity contribution in [3.63, 3.8) is 0 Å². The van der Waals surface area contributed by atoms with Crippen LogP contribution in [0.25, 0.3) is 0 Å². The molecule has 0 N–H and O–H groups in total. The number of hydrogen-bond donors (Lipinski definition) is 0. The summed E-state index contributed by atoms with van der Waals surface area (Å²) >= 11 is 4.40. The maximum Gasteiger partial charge on any atom is 0.0260 e. The maximum atomic E-state index is 2.44. The molecule has 0 aromatic carbocycles. The van der Waals surface area contributed by atoms with E-state index in [1.165, 1.54) is 16.9 Å². The molecule has 0 aliphatic heterocycles. The van der Waals surface area contributed by atoms with Gasteiger partial charge >= 0.3 is 0 Å². The second-order valence-corrected chi connectivity index (χ2v) is 4.74. The van der Waals surface area contributed by atoms with Crippen LogP contribution in [-0.4, -0.2) is 0 Å². The number of halogens is 1. The third-order valence-electron chi connectivity index (χ3n) is 2.03. The van der Waals surface area contributed by atoms with Gasteiger partial charge < -0.3 is 0 Å². The smallest absolute Gasteiger partial charge is 0.0260 e. The third kappa shape index (κ3) is 1.78. The van der Waals surface area contributed by atoms with Gasteiger partial charge in [-0.25, -0.2) is 0 Å². The van der Waals surface area contributed by atoms with Gasteiger partial charge in [0.2, 0.25) is 0 Å². The van der Waals surface area contributed by atoms with Crippen molar-refractivity contribution in [1.29, 1.82) is 0 Å². The first kappa shape index (κ1) is 9.52. The van der Waals surface area contributed by atoms with Gasteiger partial charge in [-0.1, -0.05) is 29.5 Å². The van der Waals surface area contributed by atoms with Gasteiger partial charge in [0.15, 0.2) is 0 Å². The van der Waals surface area contributed by atoms with Crippen molar-refractivity contribution in [1.82, 2.24) is 0 Å². The maximum absolute atomic E-state index is 2.44. The summed E-state index contributed by atoms with van der Waals surface area (Å²) in [5.74, 6) is 0. The van der Waals surface area contributed by atoms with E-state index in [9.17, 15) is 0 Å². The van der Waals surface area contributed by atoms with Crippen molar-refractivity contribution in [3.05, 3.63) is 20.9 Å². The standard InChI is InChI=1S/C9H13IS/c1-4-9-6(2)8(5-10)7(3)11-9/h4-5H2,1-3H3. The highest BCUT2D eigenvalue weighted by molar-refractivity contribution is 14.1. The van der Waals surface area contributed by atoms with Crippen molar-refractivity contribution in [2.45, 2.75) is 31.6 Å². The molecular weight excluding hydrogens is 267 g/mol. The molecule has 62 valence electrons. The number of aryl methyl sites for hydroxylation is 2. The van der Waals surface area contributed by atoms with Gasteiger partial charge in [-0.15, -0.1) is 11.3 Å². The number of alkyl halides is 1. The van der Waals surface area contributed by atoms with E-state index in [2.05, 4.69) is 43.4 Å². The summed E-state index contributed by atoms with van der Waals surface area (Å²) in [6, 6.07) is 0. The second-order valence-electron chi connectivity index (χ2n) is 2.67. The van der Waals surface area contributed by atoms with Crippen LogP contribution in [-0.2, 0) is 10.8 Å². The lowest BCUT2D eigenvalue weighted by Crippen LogP contribution is -1.82. The predicted molar refractivity (Wildman–Crippen MR) is 60.9 cm³/mol. The van der Waals surface area contributed by atoms with Crippen LogP contribution in [0.5, 0.6) is 0 Å². The molecule has 0 unspecified atom stereocenters. The minimum atomic E-state index is 1.16. The van der Waals surface area contributed by atoms with E-state index in [4.69, 9.17) is 0 Å². The summed E-state index contributed by atoms with van der Waals surface area (Å²) in [6.07, 6.45) is 1.19. The Labute approximate surface area is 86.2 Å². The van der Waals surface area contributed by atoms with Gasteiger partial charge in [0.1, 0.15) is 0 Å². The molecule has 0 aliphatic rings. The van der Waals surface area contributed by atoms with Crippen molar-refractivity contribution < 1.29 is 0 Å². The van der Waals surface area contributed by atoms with Crippen LogP contribution >= 0.6 is 33.9 Å². The van der Waals surface area contributed by atoms with Crippen LogP contribution in [0.2, 0.25) is 0 Å². The van der Waals surface area contributed by atoms with Gasteiger partial charge in [-0.2, -0.15) is 0 Å². The molecule has 0 nitrogen and oxygen atoms in total. The van der Waals surface area contributed by atoms with Crippen LogP contribution in [0.1, 0.15) is 27.8 Å². The molecule has 1 heterocycles. The Morgan fingerprint density at radius 1 is 1.36 bits per heavy atom. The van der Waals surface area contributed by atoms with Crippen LogP contribution in [0.15, 0.2) is 0 Å². The number of thiophene rings is 1. The minimum Gasteiger partial charge on any atom is -0.145 e. The Hall–Kier alpha value is 0.430. The molecule has 0 atom stereocenters. The molecule has 1 rings (SSSR count). The normalized spacial score (nSPS) is 10.5. The van der Waals surface area contributed by atoms with Gasteiger partial charge in [-0.05, 0) is 31.4 Å². The summed E-state index contributed by atoms with van der Waals surface area (Å²) in [6.45, 7) is 6.70. The lowest BCUT2D eigenvalue weighted by Gasteiger charge is -1.95. The van der Waals surface area contributed by atoms with E-state index < -0.39 is 0 Å². The van der Waals surface area contributed by atoms with E-state index >= 15 is 0 Å². The summed E-state index contributed by atoms with van der Waals surface area (Å²) < 4.78 is 1.16. The highest BCUT2D eigenvalue weighted by Crippen LogP contribution is 2.29. The van der Waals surface area contributed by atoms with E-state index in [1.807, 2.05) is 11.3 Å². The van der Waals surface area contributed by atoms with Gasteiger partial charge in [0.05, 0.1) is 0 Å². The van der Waals surface area contributed by atoms with Gasteiger partial charge in [0.25, 0.3) is 0 Å². The number of hydrogen-bond acceptors (Lipinski definition) is 1. The molecule has 11 heavy (non-hydrogen) atoms. The summed E-state index contributed by atoms with van der Waals surface area (Å²) in [7, 11) is 0. The Balaban J connectivity index is 3.14. The van der Waals surface area contributed by atoms with E-state index in [0.717, 1.165) is 4.43 Å². The highest BCUT2D eigenvalue weighted by atomic mass is 127. The van der Waals surface area contributed by atoms with Crippen molar-refractivity contribution in [2.75, 3.05) is 0 Å². The molecule has 2 heteroatoms. The van der Waals surface area contributed by atoms with Crippen LogP contribution in [0, 0.1) is 13.8 Å². The minimum absolute atomic E-state index is 1.16. The Kier molecular flexibility index (Phi) is 3.37. The monoisotopic (exact) mass is 280 g/mol. The average molecular weight is 280 g/mol. The highest BCUT2D eigenvalue weighted by Gasteiger charge is 2.08. The molecule has 0 bridgehead atoms. The van der Waals surface area contributed by atoms with Crippen LogP contribution in [0.4, 0.5) is 0 Å². The zero-order valence-corrected chi connectivity index (χ0v) is 10.2. The topological polar surface area (TPSA) is 0 Å². The van der Waals surface area contributed by atoms with Crippen LogP contribution in [0.3, 0.4) is 0 Å². The molecule has 0 saturated heterocycles. The Morgan fingerprint density at radius 3 is 2.27 bits per heavy atom. The third-order valence-corrected chi connectivity index (χ3v) is 4.18. The molecule has 0 spiro atoms. The van der Waals surface area contributed by atoms with E-state index in [0.29, 0.717) is 0 Å². The molecule has 0 amide bonds. The largest absolute Gasteiger partial charge is 0.145 e. The number of rotatable bonds is 2. The molecule has 1 aromatic rings. The average Bonchev–Trinajstić information content (AvgIpc) is 2.26. The van der Waals surface area contributed by atoms with Crippen molar-refractivity contribution in [2.24, 2.45) is 0 Å². The summed E-state index contributed by atoms with van der Waals surface area (Å²) in [5.41, 5.74) is 3.09. The van der Waals surface area contributed by atoms with Gasteiger partial charge in [-0.3, -0.25) is 0 Å². The Bertz CT molecular complexity index is 250. The first-order chi connectivity index (χ1) is 5.20. The van der Waals surface area contributed by atoms with Gasteiger partial charge in [0, 0.05) is 14.2 Å². The van der Waals surface area contributed by atoms with Crippen molar-refractivity contribution in [3.8, 4) is 0 Å². The first-order valence-corrected chi connectivity index (χ1v) is 6.18. The molecule has 0 saturated carbocycles. The fourth-order valence-electron chi connectivity index (χ4n) is 1.29. The fourth-order valence-corrected chi connectivity index (χ4v) is 3.83. The van der Waals surface area contributed by atoms with Crippen molar-refractivity contribution >= 4 is 33.9 Å². The zero-order chi connectivity index (χ0) is 8.43. The predicted octanol–water partition coefficient (Wildman–Crippen LogP) is 3.86. The molecule has 0 radical (unpaired) electrons. The SMILES string of the molecule is CCc1sc(C)c(CI)c1C. The fraction of sp³-hybridized carbons (Fsp3) is 0.556.